The van der Waals surface area contributed by atoms with Gasteiger partial charge in [-0.3, -0.25) is 14.5 Å². The summed E-state index contributed by atoms with van der Waals surface area (Å²) in [6.07, 6.45) is 10.8. The van der Waals surface area contributed by atoms with Crippen molar-refractivity contribution in [1.29, 1.82) is 0 Å². The zero-order chi connectivity index (χ0) is 16.9. The van der Waals surface area contributed by atoms with E-state index < -0.39 is 0 Å². The number of aryl methyl sites for hydroxylation is 1. The molecule has 1 fully saturated rings. The summed E-state index contributed by atoms with van der Waals surface area (Å²) >= 11 is 0. The lowest BCUT2D eigenvalue weighted by atomic mass is 9.95. The van der Waals surface area contributed by atoms with Gasteiger partial charge in [-0.2, -0.15) is 5.10 Å². The summed E-state index contributed by atoms with van der Waals surface area (Å²) in [5.41, 5.74) is 7.23. The summed E-state index contributed by atoms with van der Waals surface area (Å²) in [6, 6.07) is 0. The highest BCUT2D eigenvalue weighted by Gasteiger charge is 2.23. The van der Waals surface area contributed by atoms with Crippen molar-refractivity contribution in [3.8, 4) is 0 Å². The van der Waals surface area contributed by atoms with Crippen LogP contribution in [0.1, 0.15) is 42.2 Å². The molecule has 1 atom stereocenters. The van der Waals surface area contributed by atoms with E-state index in [2.05, 4.69) is 15.1 Å². The molecule has 2 aromatic heterocycles. The predicted octanol–water partition coefficient (Wildman–Crippen LogP) is 1.76. The van der Waals surface area contributed by atoms with Gasteiger partial charge in [-0.15, -0.1) is 0 Å². The number of hydrogen-bond donors (Lipinski definition) is 1. The van der Waals surface area contributed by atoms with Crippen molar-refractivity contribution in [3.63, 3.8) is 0 Å². The highest BCUT2D eigenvalue weighted by atomic mass is 16.2. The SMILES string of the molecule is CCn1cc(C(=O)N2CCC[C@@H](Cc3cnc(N)cn3)CC2)cn1. The third-order valence-corrected chi connectivity index (χ3v) is 4.56. The Morgan fingerprint density at radius 1 is 1.25 bits per heavy atom. The molecular weight excluding hydrogens is 304 g/mol. The Morgan fingerprint density at radius 2 is 2.12 bits per heavy atom. The summed E-state index contributed by atoms with van der Waals surface area (Å²) in [5.74, 6) is 1.06. The molecule has 1 aliphatic heterocycles. The lowest BCUT2D eigenvalue weighted by Gasteiger charge is -2.19. The standard InChI is InChI=1S/C17H24N6O/c1-2-23-12-14(9-21-23)17(24)22-6-3-4-13(5-7-22)8-15-10-20-16(18)11-19-15/h9-13H,2-8H2,1H3,(H2,18,20)/t13-/m1/s1. The van der Waals surface area contributed by atoms with Gasteiger partial charge >= 0.3 is 0 Å². The Morgan fingerprint density at radius 3 is 2.83 bits per heavy atom. The molecule has 3 rings (SSSR count). The van der Waals surface area contributed by atoms with Gasteiger partial charge in [0.1, 0.15) is 5.82 Å². The molecule has 7 nitrogen and oxygen atoms in total. The number of nitrogen functional groups attached to an aromatic ring is 1. The average molecular weight is 328 g/mol. The maximum absolute atomic E-state index is 12.6. The fraction of sp³-hybridized carbons (Fsp3) is 0.529. The molecule has 1 aliphatic rings. The summed E-state index contributed by atoms with van der Waals surface area (Å²) < 4.78 is 1.79. The van der Waals surface area contributed by atoms with E-state index >= 15 is 0 Å². The number of nitrogens with two attached hydrogens (primary N) is 1. The van der Waals surface area contributed by atoms with Crippen LogP contribution < -0.4 is 5.73 Å². The Bertz CT molecular complexity index is 681. The van der Waals surface area contributed by atoms with Crippen LogP contribution in [0.3, 0.4) is 0 Å². The minimum absolute atomic E-state index is 0.0858. The van der Waals surface area contributed by atoms with Crippen LogP contribution in [0.2, 0.25) is 0 Å². The van der Waals surface area contributed by atoms with Crippen molar-refractivity contribution in [2.75, 3.05) is 18.8 Å². The van der Waals surface area contributed by atoms with Crippen LogP contribution in [-0.4, -0.2) is 43.6 Å². The van der Waals surface area contributed by atoms with Gasteiger partial charge in [0.15, 0.2) is 0 Å². The number of hydrogen-bond acceptors (Lipinski definition) is 5. The first-order valence-electron chi connectivity index (χ1n) is 8.54. The molecule has 0 unspecified atom stereocenters. The fourth-order valence-corrected chi connectivity index (χ4v) is 3.17. The van der Waals surface area contributed by atoms with Gasteiger partial charge in [-0.25, -0.2) is 4.98 Å². The maximum Gasteiger partial charge on any atom is 0.257 e. The third kappa shape index (κ3) is 3.90. The highest BCUT2D eigenvalue weighted by Crippen LogP contribution is 2.22. The summed E-state index contributed by atoms with van der Waals surface area (Å²) in [7, 11) is 0. The molecule has 0 bridgehead atoms. The molecule has 128 valence electrons. The lowest BCUT2D eigenvalue weighted by Crippen LogP contribution is -2.31. The zero-order valence-electron chi connectivity index (χ0n) is 14.1. The molecule has 2 aromatic rings. The second kappa shape index (κ2) is 7.42. The van der Waals surface area contributed by atoms with Crippen LogP contribution >= 0.6 is 0 Å². The molecule has 1 saturated heterocycles. The smallest absolute Gasteiger partial charge is 0.257 e. The monoisotopic (exact) mass is 328 g/mol. The number of aromatic nitrogens is 4. The maximum atomic E-state index is 12.6. The molecule has 0 saturated carbocycles. The Kier molecular flexibility index (Phi) is 5.08. The van der Waals surface area contributed by atoms with Gasteiger partial charge in [0.05, 0.1) is 29.8 Å². The normalized spacial score (nSPS) is 18.4. The van der Waals surface area contributed by atoms with Crippen LogP contribution in [0, 0.1) is 5.92 Å². The van der Waals surface area contributed by atoms with E-state index in [0.717, 1.165) is 51.0 Å². The average Bonchev–Trinajstić information content (AvgIpc) is 2.96. The molecule has 1 amide bonds. The van der Waals surface area contributed by atoms with E-state index in [4.69, 9.17) is 5.73 Å². The summed E-state index contributed by atoms with van der Waals surface area (Å²) in [6.45, 7) is 4.37. The van der Waals surface area contributed by atoms with E-state index in [-0.39, 0.29) is 5.91 Å². The van der Waals surface area contributed by atoms with Gasteiger partial charge in [0, 0.05) is 25.8 Å². The van der Waals surface area contributed by atoms with Crippen molar-refractivity contribution < 1.29 is 4.79 Å². The molecule has 0 aliphatic carbocycles. The first-order chi connectivity index (χ1) is 11.7. The number of anilines is 1. The Balaban J connectivity index is 1.58. The molecule has 0 spiro atoms. The van der Waals surface area contributed by atoms with E-state index in [1.54, 1.807) is 23.3 Å². The first kappa shape index (κ1) is 16.4. The number of carbonyl (C=O) groups is 1. The van der Waals surface area contributed by atoms with E-state index in [1.807, 2.05) is 18.0 Å². The van der Waals surface area contributed by atoms with E-state index in [9.17, 15) is 4.79 Å². The number of carbonyl (C=O) groups excluding carboxylic acids is 1. The number of amides is 1. The quantitative estimate of drug-likeness (QED) is 0.923. The van der Waals surface area contributed by atoms with Crippen LogP contribution in [0.25, 0.3) is 0 Å². The molecular formula is C17H24N6O. The van der Waals surface area contributed by atoms with Crippen LogP contribution in [0.4, 0.5) is 5.82 Å². The highest BCUT2D eigenvalue weighted by molar-refractivity contribution is 5.93. The molecule has 2 N–H and O–H groups in total. The second-order valence-corrected chi connectivity index (χ2v) is 6.31. The van der Waals surface area contributed by atoms with Crippen molar-refractivity contribution >= 4 is 11.7 Å². The molecule has 0 radical (unpaired) electrons. The molecule has 3 heterocycles. The Hall–Kier alpha value is -2.44. The number of nitrogens with zero attached hydrogens (tertiary/aromatic N) is 5. The summed E-state index contributed by atoms with van der Waals surface area (Å²) in [4.78, 5) is 23.0. The molecule has 24 heavy (non-hydrogen) atoms. The zero-order valence-corrected chi connectivity index (χ0v) is 14.1. The summed E-state index contributed by atoms with van der Waals surface area (Å²) in [5, 5.41) is 4.20. The molecule has 7 heteroatoms. The fourth-order valence-electron chi connectivity index (χ4n) is 3.17. The lowest BCUT2D eigenvalue weighted by molar-refractivity contribution is 0.0760. The molecule has 0 aromatic carbocycles. The number of rotatable bonds is 4. The third-order valence-electron chi connectivity index (χ3n) is 4.56. The van der Waals surface area contributed by atoms with Crippen LogP contribution in [0.5, 0.6) is 0 Å². The Labute approximate surface area is 141 Å². The van der Waals surface area contributed by atoms with Gasteiger partial charge in [0.25, 0.3) is 5.91 Å². The van der Waals surface area contributed by atoms with Crippen LogP contribution in [0.15, 0.2) is 24.8 Å². The van der Waals surface area contributed by atoms with Gasteiger partial charge in [-0.05, 0) is 38.5 Å². The van der Waals surface area contributed by atoms with Crippen LogP contribution in [-0.2, 0) is 13.0 Å². The van der Waals surface area contributed by atoms with Gasteiger partial charge < -0.3 is 10.6 Å². The van der Waals surface area contributed by atoms with Gasteiger partial charge in [0.2, 0.25) is 0 Å². The van der Waals surface area contributed by atoms with Crippen molar-refractivity contribution in [3.05, 3.63) is 36.0 Å². The van der Waals surface area contributed by atoms with Crippen molar-refractivity contribution in [2.45, 2.75) is 39.2 Å². The minimum Gasteiger partial charge on any atom is -0.382 e. The van der Waals surface area contributed by atoms with E-state index in [0.29, 0.717) is 17.3 Å². The van der Waals surface area contributed by atoms with Gasteiger partial charge in [-0.1, -0.05) is 0 Å². The topological polar surface area (TPSA) is 89.9 Å². The van der Waals surface area contributed by atoms with Crippen molar-refractivity contribution in [1.82, 2.24) is 24.6 Å². The second-order valence-electron chi connectivity index (χ2n) is 6.31. The predicted molar refractivity (Wildman–Crippen MR) is 91.3 cm³/mol. The first-order valence-corrected chi connectivity index (χ1v) is 8.54. The minimum atomic E-state index is 0.0858. The largest absolute Gasteiger partial charge is 0.382 e. The number of likely N-dealkylation sites (tertiary alicyclic amines) is 1. The van der Waals surface area contributed by atoms with E-state index in [1.165, 1.54) is 0 Å². The van der Waals surface area contributed by atoms with Crippen molar-refractivity contribution in [2.24, 2.45) is 5.92 Å².